The lowest BCUT2D eigenvalue weighted by Gasteiger charge is -2.35. The molecule has 4 aromatic rings. The molecule has 5 rings (SSSR count). The topological polar surface area (TPSA) is 46.0 Å². The molecule has 1 unspecified atom stereocenters. The van der Waals surface area contributed by atoms with Gasteiger partial charge in [-0.1, -0.05) is 36.4 Å². The van der Waals surface area contributed by atoms with Crippen molar-refractivity contribution in [1.29, 1.82) is 0 Å². The van der Waals surface area contributed by atoms with E-state index in [0.29, 0.717) is 0 Å². The van der Waals surface area contributed by atoms with Gasteiger partial charge in [0.05, 0.1) is 11.7 Å². The van der Waals surface area contributed by atoms with Crippen LogP contribution in [0, 0.1) is 6.92 Å². The van der Waals surface area contributed by atoms with Gasteiger partial charge in [0.15, 0.2) is 0 Å². The van der Waals surface area contributed by atoms with Crippen molar-refractivity contribution in [3.05, 3.63) is 102 Å². The molecule has 3 aromatic heterocycles. The summed E-state index contributed by atoms with van der Waals surface area (Å²) in [5.41, 5.74) is 6.17. The first kappa shape index (κ1) is 19.7. The van der Waals surface area contributed by atoms with Gasteiger partial charge in [-0.05, 0) is 53.9 Å². The quantitative estimate of drug-likeness (QED) is 0.536. The summed E-state index contributed by atoms with van der Waals surface area (Å²) in [6, 6.07) is 23.5. The molecule has 5 heteroatoms. The largest absolute Gasteiger partial charge is 0.314 e. The van der Waals surface area contributed by atoms with Crippen LogP contribution in [0.2, 0.25) is 0 Å². The molecule has 0 amide bonds. The van der Waals surface area contributed by atoms with Crippen molar-refractivity contribution in [2.24, 2.45) is 0 Å². The average Bonchev–Trinajstić information content (AvgIpc) is 3.18. The first-order chi connectivity index (χ1) is 15.3. The third kappa shape index (κ3) is 3.90. The summed E-state index contributed by atoms with van der Waals surface area (Å²) in [6.45, 7) is 6.26. The van der Waals surface area contributed by atoms with Gasteiger partial charge in [-0.15, -0.1) is 0 Å². The van der Waals surface area contributed by atoms with E-state index in [1.165, 1.54) is 28.1 Å². The maximum Gasteiger partial charge on any atom is 0.137 e. The molecule has 1 N–H and O–H groups in total. The molecule has 0 bridgehead atoms. The van der Waals surface area contributed by atoms with Crippen molar-refractivity contribution >= 4 is 0 Å². The number of hydrogen-bond donors (Lipinski definition) is 1. The van der Waals surface area contributed by atoms with Crippen LogP contribution < -0.4 is 5.32 Å². The third-order valence-electron chi connectivity index (χ3n) is 6.07. The van der Waals surface area contributed by atoms with E-state index in [0.717, 1.165) is 32.0 Å². The number of rotatable bonds is 5. The number of nitrogens with zero attached hydrogens (tertiary/aromatic N) is 4. The molecular weight excluding hydrogens is 382 g/mol. The summed E-state index contributed by atoms with van der Waals surface area (Å²) < 4.78 is 2.29. The number of benzene rings is 1. The molecule has 5 nitrogen and oxygen atoms in total. The first-order valence-corrected chi connectivity index (χ1v) is 10.9. The van der Waals surface area contributed by atoms with Gasteiger partial charge >= 0.3 is 0 Å². The fourth-order valence-electron chi connectivity index (χ4n) is 4.58. The first-order valence-electron chi connectivity index (χ1n) is 10.9. The molecule has 1 aromatic carbocycles. The Morgan fingerprint density at radius 1 is 0.871 bits per heavy atom. The minimum absolute atomic E-state index is 0.178. The van der Waals surface area contributed by atoms with Gasteiger partial charge < -0.3 is 5.32 Å². The van der Waals surface area contributed by atoms with Crippen LogP contribution >= 0.6 is 0 Å². The number of hydrogen-bond acceptors (Lipinski definition) is 4. The van der Waals surface area contributed by atoms with Crippen LogP contribution in [-0.4, -0.2) is 45.6 Å². The molecular formula is C26H27N5. The van der Waals surface area contributed by atoms with Crippen molar-refractivity contribution < 1.29 is 0 Å². The molecule has 1 fully saturated rings. The second kappa shape index (κ2) is 8.84. The standard InChI is InChI=1S/C26H27N5/c1-20-23(26(22-10-13-27-14-11-22)30-17-15-28-16-18-30)19-24(21-7-3-2-4-8-21)31(20)25-9-5-6-12-29-25/h2-14,19,26,28H,15-18H2,1H3. The molecule has 1 saturated heterocycles. The second-order valence-electron chi connectivity index (χ2n) is 7.93. The van der Waals surface area contributed by atoms with Crippen LogP contribution in [-0.2, 0) is 0 Å². The lowest BCUT2D eigenvalue weighted by atomic mass is 9.97. The highest BCUT2D eigenvalue weighted by Gasteiger charge is 2.28. The molecule has 0 spiro atoms. The average molecular weight is 410 g/mol. The highest BCUT2D eigenvalue weighted by atomic mass is 15.2. The molecule has 0 aliphatic carbocycles. The van der Waals surface area contributed by atoms with E-state index in [1.54, 1.807) is 0 Å². The van der Waals surface area contributed by atoms with E-state index in [-0.39, 0.29) is 6.04 Å². The van der Waals surface area contributed by atoms with Crippen LogP contribution in [0.4, 0.5) is 0 Å². The van der Waals surface area contributed by atoms with E-state index in [9.17, 15) is 0 Å². The molecule has 1 aliphatic rings. The zero-order chi connectivity index (χ0) is 21.0. The minimum atomic E-state index is 0.178. The van der Waals surface area contributed by atoms with Gasteiger partial charge in [-0.3, -0.25) is 14.5 Å². The van der Waals surface area contributed by atoms with Gasteiger partial charge in [0.1, 0.15) is 5.82 Å². The van der Waals surface area contributed by atoms with E-state index in [4.69, 9.17) is 0 Å². The summed E-state index contributed by atoms with van der Waals surface area (Å²) in [5, 5.41) is 3.49. The van der Waals surface area contributed by atoms with Crippen LogP contribution in [0.15, 0.2) is 85.3 Å². The van der Waals surface area contributed by atoms with Crippen molar-refractivity contribution in [3.8, 4) is 17.1 Å². The predicted octanol–water partition coefficient (Wildman–Crippen LogP) is 4.24. The van der Waals surface area contributed by atoms with Crippen LogP contribution in [0.1, 0.15) is 22.9 Å². The minimum Gasteiger partial charge on any atom is -0.314 e. The Kier molecular flexibility index (Phi) is 5.61. The summed E-state index contributed by atoms with van der Waals surface area (Å²) in [4.78, 5) is 11.5. The zero-order valence-corrected chi connectivity index (χ0v) is 17.8. The zero-order valence-electron chi connectivity index (χ0n) is 17.8. The molecule has 31 heavy (non-hydrogen) atoms. The van der Waals surface area contributed by atoms with E-state index in [1.807, 2.05) is 30.7 Å². The normalized spacial score (nSPS) is 15.6. The van der Waals surface area contributed by atoms with Crippen molar-refractivity contribution in [2.45, 2.75) is 13.0 Å². The summed E-state index contributed by atoms with van der Waals surface area (Å²) in [6.07, 6.45) is 5.65. The molecule has 156 valence electrons. The number of aromatic nitrogens is 3. The van der Waals surface area contributed by atoms with Gasteiger partial charge in [-0.2, -0.15) is 0 Å². The molecule has 4 heterocycles. The Labute approximate surface area is 183 Å². The van der Waals surface area contributed by atoms with Gasteiger partial charge in [-0.25, -0.2) is 4.98 Å². The lowest BCUT2D eigenvalue weighted by Crippen LogP contribution is -2.45. The van der Waals surface area contributed by atoms with E-state index < -0.39 is 0 Å². The van der Waals surface area contributed by atoms with E-state index >= 15 is 0 Å². The third-order valence-corrected chi connectivity index (χ3v) is 6.07. The van der Waals surface area contributed by atoms with Crippen LogP contribution in [0.25, 0.3) is 17.1 Å². The van der Waals surface area contributed by atoms with Gasteiger partial charge in [0.2, 0.25) is 0 Å². The summed E-state index contributed by atoms with van der Waals surface area (Å²) >= 11 is 0. The SMILES string of the molecule is Cc1c(C(c2ccncc2)N2CCNCC2)cc(-c2ccccc2)n1-c1ccccn1. The Morgan fingerprint density at radius 2 is 1.61 bits per heavy atom. The Bertz CT molecular complexity index is 1120. The lowest BCUT2D eigenvalue weighted by molar-refractivity contribution is 0.198. The molecule has 1 aliphatic heterocycles. The maximum absolute atomic E-state index is 4.68. The van der Waals surface area contributed by atoms with Crippen molar-refractivity contribution in [1.82, 2.24) is 24.8 Å². The van der Waals surface area contributed by atoms with E-state index in [2.05, 4.69) is 86.3 Å². The highest BCUT2D eigenvalue weighted by Crippen LogP contribution is 2.37. The Hall–Kier alpha value is -3.28. The van der Waals surface area contributed by atoms with Gasteiger partial charge in [0.25, 0.3) is 0 Å². The van der Waals surface area contributed by atoms with Crippen molar-refractivity contribution in [3.63, 3.8) is 0 Å². The smallest absolute Gasteiger partial charge is 0.137 e. The monoisotopic (exact) mass is 409 g/mol. The molecule has 0 radical (unpaired) electrons. The van der Waals surface area contributed by atoms with Crippen LogP contribution in [0.3, 0.4) is 0 Å². The fraction of sp³-hybridized carbons (Fsp3) is 0.231. The summed E-state index contributed by atoms with van der Waals surface area (Å²) in [5.74, 6) is 0.943. The molecule has 1 atom stereocenters. The number of piperazine rings is 1. The number of nitrogens with one attached hydrogen (secondary N) is 1. The van der Waals surface area contributed by atoms with Crippen molar-refractivity contribution in [2.75, 3.05) is 26.2 Å². The second-order valence-corrected chi connectivity index (χ2v) is 7.93. The Morgan fingerprint density at radius 3 is 2.32 bits per heavy atom. The van der Waals surface area contributed by atoms with Crippen LogP contribution in [0.5, 0.6) is 0 Å². The predicted molar refractivity (Wildman–Crippen MR) is 124 cm³/mol. The highest BCUT2D eigenvalue weighted by molar-refractivity contribution is 5.66. The summed E-state index contributed by atoms with van der Waals surface area (Å²) in [7, 11) is 0. The Balaban J connectivity index is 1.71. The number of pyridine rings is 2. The molecule has 0 saturated carbocycles. The maximum atomic E-state index is 4.68. The van der Waals surface area contributed by atoms with Gasteiger partial charge in [0, 0.05) is 50.5 Å². The fourth-order valence-corrected chi connectivity index (χ4v) is 4.58.